The van der Waals surface area contributed by atoms with Crippen LogP contribution in [0.3, 0.4) is 0 Å². The number of carbonyl (C=O) groups is 1. The van der Waals surface area contributed by atoms with E-state index >= 15 is 0 Å². The first-order valence-corrected chi connectivity index (χ1v) is 33.5. The smallest absolute Gasteiger partial charge is 0.268 e. The number of hydrogen-bond acceptors (Lipinski definition) is 6. The van der Waals surface area contributed by atoms with Crippen molar-refractivity contribution in [1.82, 2.24) is 5.32 Å². The zero-order valence-corrected chi connectivity index (χ0v) is 50.1. The number of phosphoric ester groups is 1. The van der Waals surface area contributed by atoms with Gasteiger partial charge >= 0.3 is 0 Å². The fraction of sp³-hybridized carbons (Fsp3) is 0.952. The number of unbranched alkanes of at least 4 members (excludes halogenated alkanes) is 47. The molecule has 0 aromatic heterocycles. The van der Waals surface area contributed by atoms with E-state index in [0.717, 1.165) is 38.5 Å². The van der Waals surface area contributed by atoms with Gasteiger partial charge in [0.1, 0.15) is 13.2 Å². The summed E-state index contributed by atoms with van der Waals surface area (Å²) in [6.07, 6.45) is 69.4. The molecule has 8 nitrogen and oxygen atoms in total. The molecule has 0 saturated carbocycles. The molecule has 3 atom stereocenters. The third-order valence-corrected chi connectivity index (χ3v) is 16.0. The zero-order chi connectivity index (χ0) is 52.7. The van der Waals surface area contributed by atoms with Gasteiger partial charge in [0, 0.05) is 6.42 Å². The van der Waals surface area contributed by atoms with Crippen molar-refractivity contribution in [3.8, 4) is 0 Å². The molecule has 9 heteroatoms. The molecule has 0 aliphatic carbocycles. The lowest BCUT2D eigenvalue weighted by Gasteiger charge is -2.29. The molecule has 2 N–H and O–H groups in total. The van der Waals surface area contributed by atoms with Gasteiger partial charge in [-0.15, -0.1) is 0 Å². The second-order valence-electron chi connectivity index (χ2n) is 23.5. The van der Waals surface area contributed by atoms with E-state index in [1.807, 2.05) is 27.2 Å². The second kappa shape index (κ2) is 55.0. The van der Waals surface area contributed by atoms with E-state index in [1.165, 1.54) is 276 Å². The largest absolute Gasteiger partial charge is 0.756 e. The molecule has 0 aliphatic rings. The van der Waals surface area contributed by atoms with Crippen LogP contribution in [0.1, 0.15) is 335 Å². The van der Waals surface area contributed by atoms with Crippen LogP contribution in [0.15, 0.2) is 12.2 Å². The summed E-state index contributed by atoms with van der Waals surface area (Å²) in [7, 11) is 1.27. The molecule has 0 spiro atoms. The number of nitrogens with zero attached hydrogens (tertiary/aromatic N) is 1. The minimum Gasteiger partial charge on any atom is -0.756 e. The molecule has 0 rings (SSSR count). The lowest BCUT2D eigenvalue weighted by Crippen LogP contribution is -2.45. The van der Waals surface area contributed by atoms with Crippen molar-refractivity contribution in [2.75, 3.05) is 40.9 Å². The summed E-state index contributed by atoms with van der Waals surface area (Å²) >= 11 is 0. The molecule has 0 aromatic rings. The Kier molecular flexibility index (Phi) is 54.4. The van der Waals surface area contributed by atoms with Crippen molar-refractivity contribution in [3.63, 3.8) is 0 Å². The Hall–Kier alpha value is -0.760. The number of aliphatic hydroxyl groups excluding tert-OH is 1. The number of nitrogens with one attached hydrogen (secondary N) is 1. The third kappa shape index (κ3) is 57.0. The minimum absolute atomic E-state index is 0.00199. The lowest BCUT2D eigenvalue weighted by molar-refractivity contribution is -0.870. The molecule has 1 amide bonds. The lowest BCUT2D eigenvalue weighted by atomic mass is 10.0. The average Bonchev–Trinajstić information content (AvgIpc) is 3.34. The molecule has 3 unspecified atom stereocenters. The average molecular weight is 1040 g/mol. The number of aliphatic hydroxyl groups is 1. The summed E-state index contributed by atoms with van der Waals surface area (Å²) in [6, 6.07) is -0.880. The molecule has 0 bridgehead atoms. The highest BCUT2D eigenvalue weighted by atomic mass is 31.2. The number of hydrogen-bond donors (Lipinski definition) is 2. The van der Waals surface area contributed by atoms with Crippen LogP contribution >= 0.6 is 7.82 Å². The fourth-order valence-corrected chi connectivity index (χ4v) is 10.7. The molecule has 0 aliphatic heterocycles. The van der Waals surface area contributed by atoms with Gasteiger partial charge in [0.05, 0.1) is 39.9 Å². The van der Waals surface area contributed by atoms with Gasteiger partial charge in [-0.1, -0.05) is 321 Å². The van der Waals surface area contributed by atoms with Crippen LogP contribution in [0.5, 0.6) is 0 Å². The Morgan fingerprint density at radius 2 is 0.750 bits per heavy atom. The van der Waals surface area contributed by atoms with Gasteiger partial charge in [-0.25, -0.2) is 0 Å². The van der Waals surface area contributed by atoms with Crippen LogP contribution in [0.25, 0.3) is 0 Å². The van der Waals surface area contributed by atoms with Crippen LogP contribution in [0.4, 0.5) is 0 Å². The maximum Gasteiger partial charge on any atom is 0.268 e. The highest BCUT2D eigenvalue weighted by Gasteiger charge is 2.23. The molecular formula is C63H127N2O6P. The summed E-state index contributed by atoms with van der Waals surface area (Å²) in [6.45, 7) is 4.65. The maximum atomic E-state index is 12.9. The summed E-state index contributed by atoms with van der Waals surface area (Å²) in [5, 5.41) is 13.8. The predicted octanol–water partition coefficient (Wildman–Crippen LogP) is 19.1. The van der Waals surface area contributed by atoms with Crippen molar-refractivity contribution in [2.45, 2.75) is 347 Å². The van der Waals surface area contributed by atoms with Gasteiger partial charge in [0.25, 0.3) is 7.82 Å². The monoisotopic (exact) mass is 1040 g/mol. The van der Waals surface area contributed by atoms with E-state index in [1.54, 1.807) is 6.08 Å². The van der Waals surface area contributed by atoms with Gasteiger partial charge in [0.2, 0.25) is 5.91 Å². The summed E-state index contributed by atoms with van der Waals surface area (Å²) in [5.74, 6) is -0.193. The van der Waals surface area contributed by atoms with E-state index in [2.05, 4.69) is 19.2 Å². The first-order valence-electron chi connectivity index (χ1n) is 32.1. The van der Waals surface area contributed by atoms with Crippen molar-refractivity contribution in [3.05, 3.63) is 12.2 Å². The van der Waals surface area contributed by atoms with Gasteiger partial charge < -0.3 is 28.8 Å². The molecule has 0 heterocycles. The fourth-order valence-electron chi connectivity index (χ4n) is 9.98. The van der Waals surface area contributed by atoms with E-state index in [0.29, 0.717) is 17.4 Å². The Morgan fingerprint density at radius 3 is 1.04 bits per heavy atom. The van der Waals surface area contributed by atoms with Crippen LogP contribution < -0.4 is 10.2 Å². The number of rotatable bonds is 60. The van der Waals surface area contributed by atoms with Crippen molar-refractivity contribution >= 4 is 13.7 Å². The number of likely N-dealkylation sites (N-methyl/N-ethyl adjacent to an activating group) is 1. The van der Waals surface area contributed by atoms with Crippen LogP contribution in [-0.2, 0) is 18.4 Å². The number of amides is 1. The number of allylic oxidation sites excluding steroid dienone is 1. The Labute approximate surface area is 450 Å². The topological polar surface area (TPSA) is 108 Å². The number of quaternary nitrogens is 1. The minimum atomic E-state index is -4.58. The van der Waals surface area contributed by atoms with Gasteiger partial charge in [-0.2, -0.15) is 0 Å². The Balaban J connectivity index is 3.70. The van der Waals surface area contributed by atoms with Crippen molar-refractivity contribution < 1.29 is 32.9 Å². The summed E-state index contributed by atoms with van der Waals surface area (Å²) < 4.78 is 23.2. The molecule has 0 radical (unpaired) electrons. The Bertz CT molecular complexity index is 1180. The van der Waals surface area contributed by atoms with Gasteiger partial charge in [0.15, 0.2) is 0 Å². The van der Waals surface area contributed by atoms with Crippen LogP contribution in [-0.4, -0.2) is 68.5 Å². The summed E-state index contributed by atoms with van der Waals surface area (Å²) in [5.41, 5.74) is 0. The molecule has 0 fully saturated rings. The SMILES string of the molecule is CCCCCCCCC/C=C/C(O)C(COP(=O)([O-])OCC[N+](C)(C)C)NC(=O)CCCCCCCCCCCCCCCCCCCCCCCCCCCCCCCCCCCCCCCCCCC. The first kappa shape index (κ1) is 71.2. The Morgan fingerprint density at radius 1 is 0.472 bits per heavy atom. The number of carbonyl (C=O) groups excluding carboxylic acids is 1. The molecule has 430 valence electrons. The molecular weight excluding hydrogens is 912 g/mol. The third-order valence-electron chi connectivity index (χ3n) is 15.0. The van der Waals surface area contributed by atoms with Gasteiger partial charge in [-0.3, -0.25) is 9.36 Å². The van der Waals surface area contributed by atoms with Crippen molar-refractivity contribution in [2.24, 2.45) is 0 Å². The first-order chi connectivity index (χ1) is 35.0. The van der Waals surface area contributed by atoms with Crippen molar-refractivity contribution in [1.29, 1.82) is 0 Å². The number of phosphoric acid groups is 1. The van der Waals surface area contributed by atoms with E-state index in [-0.39, 0.29) is 19.1 Å². The van der Waals surface area contributed by atoms with E-state index in [9.17, 15) is 19.4 Å². The quantitative estimate of drug-likeness (QED) is 0.0272. The molecule has 0 saturated heterocycles. The standard InChI is InChI=1S/C63H127N2O6P/c1-6-8-10-12-14-16-17-18-19-20-21-22-23-24-25-26-27-28-29-30-31-32-33-34-35-36-37-38-39-40-41-42-43-44-45-46-47-49-51-53-55-57-63(67)64-61(60-71-72(68,69)70-59-58-65(3,4)5)62(66)56-54-52-50-48-15-13-11-9-7-2/h54,56,61-62,66H,6-53,55,57-60H2,1-5H3,(H-,64,67,68,69)/b56-54+. The molecule has 0 aromatic carbocycles. The van der Waals surface area contributed by atoms with E-state index in [4.69, 9.17) is 9.05 Å². The van der Waals surface area contributed by atoms with E-state index < -0.39 is 20.0 Å². The molecule has 72 heavy (non-hydrogen) atoms. The second-order valence-corrected chi connectivity index (χ2v) is 24.9. The normalized spacial score (nSPS) is 13.8. The zero-order valence-electron chi connectivity index (χ0n) is 49.2. The predicted molar refractivity (Wildman–Crippen MR) is 312 cm³/mol. The summed E-state index contributed by atoms with van der Waals surface area (Å²) in [4.78, 5) is 25.4. The van der Waals surface area contributed by atoms with Crippen LogP contribution in [0.2, 0.25) is 0 Å². The maximum absolute atomic E-state index is 12.9. The highest BCUT2D eigenvalue weighted by molar-refractivity contribution is 7.45. The van der Waals surface area contributed by atoms with Gasteiger partial charge in [-0.05, 0) is 19.3 Å². The highest BCUT2D eigenvalue weighted by Crippen LogP contribution is 2.38. The van der Waals surface area contributed by atoms with Crippen LogP contribution in [0, 0.1) is 0 Å².